The lowest BCUT2D eigenvalue weighted by Gasteiger charge is -2.16. The molecule has 0 spiro atoms. The largest absolute Gasteiger partial charge is 0.497 e. The van der Waals surface area contributed by atoms with Gasteiger partial charge in [-0.05, 0) is 36.4 Å². The van der Waals surface area contributed by atoms with Gasteiger partial charge in [-0.1, -0.05) is 11.6 Å². The number of amides is 2. The second-order valence-electron chi connectivity index (χ2n) is 7.17. The maximum atomic E-state index is 14.2. The maximum absolute atomic E-state index is 14.2. The Morgan fingerprint density at radius 3 is 2.33 bits per heavy atom. The molecule has 7 nitrogen and oxygen atoms in total. The third-order valence-electron chi connectivity index (χ3n) is 5.04. The first kappa shape index (κ1) is 23.9. The van der Waals surface area contributed by atoms with E-state index in [-0.39, 0.29) is 35.9 Å². The number of H-pyrrole nitrogens is 1. The highest BCUT2D eigenvalue weighted by atomic mass is 35.5. The van der Waals surface area contributed by atoms with Gasteiger partial charge in [-0.3, -0.25) is 14.4 Å². The van der Waals surface area contributed by atoms with E-state index in [1.807, 2.05) is 0 Å². The molecule has 1 aliphatic rings. The zero-order chi connectivity index (χ0) is 24.1. The normalized spacial score (nSPS) is 15.1. The molecule has 3 aromatic rings. The zero-order valence-electron chi connectivity index (χ0n) is 17.5. The Morgan fingerprint density at radius 1 is 1.15 bits per heavy atom. The molecule has 0 saturated carbocycles. The molecule has 1 saturated heterocycles. The molecule has 1 fully saturated rings. The second kappa shape index (κ2) is 10.3. The van der Waals surface area contributed by atoms with Crippen molar-refractivity contribution in [2.75, 3.05) is 18.6 Å². The molecule has 4 rings (SSSR count). The molecule has 0 aliphatic carbocycles. The van der Waals surface area contributed by atoms with Crippen LogP contribution >= 0.6 is 11.6 Å². The van der Waals surface area contributed by atoms with Gasteiger partial charge in [0.15, 0.2) is 0 Å². The van der Waals surface area contributed by atoms with Crippen molar-refractivity contribution in [2.45, 2.75) is 12.3 Å². The van der Waals surface area contributed by atoms with Crippen molar-refractivity contribution in [3.8, 4) is 5.75 Å². The van der Waals surface area contributed by atoms with Gasteiger partial charge in [0.2, 0.25) is 11.8 Å². The lowest BCUT2D eigenvalue weighted by atomic mass is 9.97. The van der Waals surface area contributed by atoms with Crippen LogP contribution in [0, 0.1) is 11.6 Å². The molecule has 2 aromatic carbocycles. The number of halogens is 3. The van der Waals surface area contributed by atoms with Crippen molar-refractivity contribution in [3.05, 3.63) is 92.9 Å². The van der Waals surface area contributed by atoms with Gasteiger partial charge in [0.1, 0.15) is 23.1 Å². The number of ether oxygens (including phenoxy) is 1. The molecule has 33 heavy (non-hydrogen) atoms. The Morgan fingerprint density at radius 2 is 1.79 bits per heavy atom. The average Bonchev–Trinajstić information content (AvgIpc) is 3.15. The monoisotopic (exact) mass is 475 g/mol. The first-order valence-corrected chi connectivity index (χ1v) is 10.2. The highest BCUT2D eigenvalue weighted by Gasteiger charge is 2.35. The van der Waals surface area contributed by atoms with Crippen LogP contribution in [0.4, 0.5) is 14.5 Å². The van der Waals surface area contributed by atoms with Crippen LogP contribution < -0.4 is 20.9 Å². The molecule has 1 aromatic heterocycles. The van der Waals surface area contributed by atoms with Crippen LogP contribution in [-0.4, -0.2) is 30.5 Å². The third-order valence-corrected chi connectivity index (χ3v) is 5.29. The molecule has 0 bridgehead atoms. The van der Waals surface area contributed by atoms with Crippen LogP contribution in [0.3, 0.4) is 0 Å². The van der Waals surface area contributed by atoms with Crippen molar-refractivity contribution in [1.29, 1.82) is 0 Å². The summed E-state index contributed by atoms with van der Waals surface area (Å²) in [5.41, 5.74) is 5.06. The molecular formula is C23H20ClF2N3O4. The summed E-state index contributed by atoms with van der Waals surface area (Å²) < 4.78 is 33.2. The Bertz CT molecular complexity index is 1210. The number of carbonyl (C=O) groups is 2. The number of pyridine rings is 1. The molecule has 3 N–H and O–H groups in total. The van der Waals surface area contributed by atoms with Gasteiger partial charge in [-0.25, -0.2) is 8.78 Å². The van der Waals surface area contributed by atoms with E-state index in [0.717, 1.165) is 12.1 Å². The number of primary amides is 1. The predicted molar refractivity (Wildman–Crippen MR) is 120 cm³/mol. The van der Waals surface area contributed by atoms with Crippen LogP contribution in [0.2, 0.25) is 5.02 Å². The Labute approximate surface area is 192 Å². The van der Waals surface area contributed by atoms with Crippen LogP contribution in [0.5, 0.6) is 5.75 Å². The van der Waals surface area contributed by atoms with E-state index in [2.05, 4.69) is 4.98 Å². The quantitative estimate of drug-likeness (QED) is 0.601. The second-order valence-corrected chi connectivity index (χ2v) is 7.60. The van der Waals surface area contributed by atoms with Gasteiger partial charge < -0.3 is 20.4 Å². The maximum Gasteiger partial charge on any atom is 0.271 e. The van der Waals surface area contributed by atoms with E-state index in [0.29, 0.717) is 10.6 Å². The van der Waals surface area contributed by atoms with Crippen LogP contribution in [0.25, 0.3) is 0 Å². The number of nitrogens with two attached hydrogens (primary N) is 1. The molecule has 172 valence electrons. The molecule has 1 aliphatic heterocycles. The van der Waals surface area contributed by atoms with E-state index in [1.165, 1.54) is 24.3 Å². The number of aromatic amines is 1. The summed E-state index contributed by atoms with van der Waals surface area (Å²) in [6, 6.07) is 11.7. The summed E-state index contributed by atoms with van der Waals surface area (Å²) >= 11 is 5.56. The summed E-state index contributed by atoms with van der Waals surface area (Å²) in [5, 5.41) is 0.602. The molecule has 1 atom stereocenters. The minimum Gasteiger partial charge on any atom is -0.497 e. The highest BCUT2D eigenvalue weighted by Crippen LogP contribution is 2.35. The minimum absolute atomic E-state index is 0.0477. The Hall–Kier alpha value is -3.72. The number of benzene rings is 2. The number of anilines is 1. The van der Waals surface area contributed by atoms with E-state index < -0.39 is 29.0 Å². The molecule has 2 heterocycles. The molecule has 0 radical (unpaired) electrons. The summed E-state index contributed by atoms with van der Waals surface area (Å²) in [4.78, 5) is 38.2. The van der Waals surface area contributed by atoms with Crippen molar-refractivity contribution in [3.63, 3.8) is 0 Å². The van der Waals surface area contributed by atoms with Crippen molar-refractivity contribution in [2.24, 2.45) is 5.73 Å². The fraction of sp³-hybridized carbons (Fsp3) is 0.174. The molecule has 10 heteroatoms. The number of carbonyl (C=O) groups excluding carboxylic acids is 2. The first-order chi connectivity index (χ1) is 15.7. The van der Waals surface area contributed by atoms with Crippen molar-refractivity contribution >= 4 is 29.1 Å². The smallest absolute Gasteiger partial charge is 0.271 e. The number of aromatic nitrogens is 1. The average molecular weight is 476 g/mol. The fourth-order valence-electron chi connectivity index (χ4n) is 3.44. The number of methoxy groups -OCH3 is 1. The summed E-state index contributed by atoms with van der Waals surface area (Å²) in [6.45, 7) is 0.0477. The Kier molecular flexibility index (Phi) is 7.44. The lowest BCUT2D eigenvalue weighted by molar-refractivity contribution is -0.117. The standard InChI is InChI=1S/C16H14F2N2O3.C7H6ClNO/c1-23-10-6-11(17)15(12(18)7-10)9-5-14(21)20(8-9)13-3-2-4-19-16(13)22;8-6-3-1-5(2-4-6)7(9)10/h2-4,6-7,9H,5,8H2,1H3,(H,19,22);1-4H,(H2,9,10). The topological polar surface area (TPSA) is 105 Å². The number of nitrogens with one attached hydrogen (secondary N) is 1. The van der Waals surface area contributed by atoms with Crippen LogP contribution in [0.1, 0.15) is 28.3 Å². The third kappa shape index (κ3) is 5.56. The summed E-state index contributed by atoms with van der Waals surface area (Å²) in [5.74, 6) is -2.89. The summed E-state index contributed by atoms with van der Waals surface area (Å²) in [7, 11) is 1.32. The van der Waals surface area contributed by atoms with Gasteiger partial charge in [-0.2, -0.15) is 0 Å². The summed E-state index contributed by atoms with van der Waals surface area (Å²) in [6.07, 6.45) is 1.39. The zero-order valence-corrected chi connectivity index (χ0v) is 18.2. The first-order valence-electron chi connectivity index (χ1n) is 9.77. The number of hydrogen-bond acceptors (Lipinski definition) is 4. The SMILES string of the molecule is COc1cc(F)c(C2CC(=O)N(c3ccc[nH]c3=O)C2)c(F)c1.NC(=O)c1ccc(Cl)cc1. The predicted octanol–water partition coefficient (Wildman–Crippen LogP) is 3.62. The number of hydrogen-bond donors (Lipinski definition) is 2. The van der Waals surface area contributed by atoms with Gasteiger partial charge in [0, 0.05) is 53.4 Å². The van der Waals surface area contributed by atoms with Crippen molar-refractivity contribution < 1.29 is 23.1 Å². The van der Waals surface area contributed by atoms with Crippen molar-refractivity contribution in [1.82, 2.24) is 4.98 Å². The van der Waals surface area contributed by atoms with E-state index >= 15 is 0 Å². The number of rotatable bonds is 4. The number of nitrogens with zero attached hydrogens (tertiary/aromatic N) is 1. The van der Waals surface area contributed by atoms with E-state index in [4.69, 9.17) is 22.1 Å². The van der Waals surface area contributed by atoms with Gasteiger partial charge >= 0.3 is 0 Å². The van der Waals surface area contributed by atoms with Gasteiger partial charge in [0.05, 0.1) is 7.11 Å². The molecule has 2 amide bonds. The minimum atomic E-state index is -0.761. The fourth-order valence-corrected chi connectivity index (χ4v) is 3.57. The van der Waals surface area contributed by atoms with Gasteiger partial charge in [-0.15, -0.1) is 0 Å². The van der Waals surface area contributed by atoms with E-state index in [1.54, 1.807) is 30.3 Å². The highest BCUT2D eigenvalue weighted by molar-refractivity contribution is 6.30. The van der Waals surface area contributed by atoms with Crippen LogP contribution in [0.15, 0.2) is 59.5 Å². The lowest BCUT2D eigenvalue weighted by Crippen LogP contribution is -2.30. The van der Waals surface area contributed by atoms with E-state index in [9.17, 15) is 23.2 Å². The van der Waals surface area contributed by atoms with Crippen LogP contribution in [-0.2, 0) is 4.79 Å². The molecule has 1 unspecified atom stereocenters. The Balaban J connectivity index is 0.000000257. The van der Waals surface area contributed by atoms with Gasteiger partial charge in [0.25, 0.3) is 5.56 Å². The molecular weight excluding hydrogens is 456 g/mol.